The van der Waals surface area contributed by atoms with Crippen molar-refractivity contribution in [3.05, 3.63) is 54.1 Å². The van der Waals surface area contributed by atoms with E-state index in [1.165, 1.54) is 6.34 Å². The van der Waals surface area contributed by atoms with Crippen molar-refractivity contribution in [3.8, 4) is 5.69 Å². The summed E-state index contributed by atoms with van der Waals surface area (Å²) in [6, 6.07) is 7.19. The number of aromatic nitrogens is 3. The summed E-state index contributed by atoms with van der Waals surface area (Å²) in [5, 5.41) is 0.848. The van der Waals surface area contributed by atoms with E-state index in [1.54, 1.807) is 43.5 Å². The molecule has 1 aliphatic heterocycles. The number of carbonyl (C=O) groups excluding carboxylic acids is 2. The van der Waals surface area contributed by atoms with E-state index >= 15 is 0 Å². The average molecular weight is 435 g/mol. The Morgan fingerprint density at radius 1 is 1.12 bits per heavy atom. The van der Waals surface area contributed by atoms with Crippen LogP contribution in [0.3, 0.4) is 0 Å². The highest BCUT2D eigenvalue weighted by Gasteiger charge is 2.27. The minimum absolute atomic E-state index is 0.0106. The lowest BCUT2D eigenvalue weighted by molar-refractivity contribution is -0.0586. The summed E-state index contributed by atoms with van der Waals surface area (Å²) in [6.45, 7) is 5.08. The van der Waals surface area contributed by atoms with Crippen molar-refractivity contribution < 1.29 is 14.3 Å². The van der Waals surface area contributed by atoms with Gasteiger partial charge in [0.2, 0.25) is 0 Å². The van der Waals surface area contributed by atoms with Crippen LogP contribution in [0.1, 0.15) is 34.7 Å². The third-order valence-electron chi connectivity index (χ3n) is 5.13. The number of morpholine rings is 1. The van der Waals surface area contributed by atoms with Crippen LogP contribution in [-0.4, -0.2) is 81.9 Å². The predicted octanol–water partition coefficient (Wildman–Crippen LogP) is 2.40. The van der Waals surface area contributed by atoms with Gasteiger partial charge in [-0.1, -0.05) is 0 Å². The molecule has 2 unspecified atom stereocenters. The van der Waals surface area contributed by atoms with E-state index in [0.717, 1.165) is 11.1 Å². The molecule has 3 aromatic rings. The fourth-order valence-electron chi connectivity index (χ4n) is 3.76. The van der Waals surface area contributed by atoms with E-state index in [1.807, 2.05) is 41.6 Å². The molecule has 2 atom stereocenters. The van der Waals surface area contributed by atoms with Crippen molar-refractivity contribution in [2.24, 2.45) is 4.99 Å². The third kappa shape index (κ3) is 4.52. The number of carbonyl (C=O) groups is 2. The molecule has 1 saturated heterocycles. The molecule has 0 radical (unpaired) electrons. The Morgan fingerprint density at radius 3 is 2.53 bits per heavy atom. The second-order valence-corrected chi connectivity index (χ2v) is 8.20. The number of hydrogen-bond donors (Lipinski definition) is 0. The molecule has 32 heavy (non-hydrogen) atoms. The van der Waals surface area contributed by atoms with Gasteiger partial charge in [0, 0.05) is 45.0 Å². The van der Waals surface area contributed by atoms with Crippen molar-refractivity contribution in [2.45, 2.75) is 26.1 Å². The fourth-order valence-corrected chi connectivity index (χ4v) is 3.76. The van der Waals surface area contributed by atoms with Crippen LogP contribution in [0.5, 0.6) is 0 Å². The van der Waals surface area contributed by atoms with Gasteiger partial charge >= 0.3 is 0 Å². The number of amides is 2. The Morgan fingerprint density at radius 2 is 1.88 bits per heavy atom. The molecule has 4 heterocycles. The van der Waals surface area contributed by atoms with Gasteiger partial charge in [0.25, 0.3) is 11.8 Å². The molecule has 3 aromatic heterocycles. The number of pyridine rings is 2. The van der Waals surface area contributed by atoms with Crippen LogP contribution in [0.25, 0.3) is 16.7 Å². The van der Waals surface area contributed by atoms with Crippen LogP contribution in [0, 0.1) is 0 Å². The van der Waals surface area contributed by atoms with Gasteiger partial charge in [-0.05, 0) is 38.1 Å². The first-order chi connectivity index (χ1) is 15.3. The lowest BCUT2D eigenvalue weighted by atomic mass is 10.1. The van der Waals surface area contributed by atoms with Crippen molar-refractivity contribution in [3.63, 3.8) is 0 Å². The number of nitrogens with zero attached hydrogens (tertiary/aromatic N) is 6. The van der Waals surface area contributed by atoms with Crippen molar-refractivity contribution in [1.82, 2.24) is 24.3 Å². The average Bonchev–Trinajstić information content (AvgIpc) is 3.19. The molecular formula is C23H26N6O3. The molecule has 9 nitrogen and oxygen atoms in total. The van der Waals surface area contributed by atoms with Gasteiger partial charge < -0.3 is 14.5 Å². The van der Waals surface area contributed by atoms with Gasteiger partial charge in [-0.15, -0.1) is 0 Å². The van der Waals surface area contributed by atoms with Crippen LogP contribution in [0.4, 0.5) is 0 Å². The Hall–Kier alpha value is -3.59. The molecule has 166 valence electrons. The quantitative estimate of drug-likeness (QED) is 0.462. The lowest BCUT2D eigenvalue weighted by Crippen LogP contribution is -2.48. The van der Waals surface area contributed by atoms with E-state index in [4.69, 9.17) is 4.74 Å². The summed E-state index contributed by atoms with van der Waals surface area (Å²) in [4.78, 5) is 41.2. The highest BCUT2D eigenvalue weighted by Crippen LogP contribution is 2.21. The van der Waals surface area contributed by atoms with Crippen LogP contribution >= 0.6 is 0 Å². The van der Waals surface area contributed by atoms with E-state index in [-0.39, 0.29) is 23.8 Å². The summed E-state index contributed by atoms with van der Waals surface area (Å²) in [5.41, 5.74) is 2.28. The molecule has 0 N–H and O–H groups in total. The highest BCUT2D eigenvalue weighted by molar-refractivity contribution is 5.98. The summed E-state index contributed by atoms with van der Waals surface area (Å²) in [6.07, 6.45) is 6.54. The number of fused-ring (bicyclic) bond motifs is 1. The lowest BCUT2D eigenvalue weighted by Gasteiger charge is -2.35. The van der Waals surface area contributed by atoms with Crippen LogP contribution in [-0.2, 0) is 4.74 Å². The van der Waals surface area contributed by atoms with Crippen molar-refractivity contribution in [1.29, 1.82) is 0 Å². The van der Waals surface area contributed by atoms with Gasteiger partial charge in [0.05, 0.1) is 36.0 Å². The van der Waals surface area contributed by atoms with E-state index in [9.17, 15) is 9.59 Å². The normalized spacial score (nSPS) is 18.9. The van der Waals surface area contributed by atoms with Gasteiger partial charge in [-0.25, -0.2) is 9.97 Å². The third-order valence-corrected chi connectivity index (χ3v) is 5.13. The molecule has 0 saturated carbocycles. The van der Waals surface area contributed by atoms with Crippen molar-refractivity contribution in [2.75, 3.05) is 27.2 Å². The summed E-state index contributed by atoms with van der Waals surface area (Å²) in [5.74, 6) is -0.451. The zero-order chi connectivity index (χ0) is 22.8. The Kier molecular flexibility index (Phi) is 6.00. The SMILES string of the molecule is CC1CN(C(=O)c2cnc3c(ccn3-c3ccc(C(=O)N=CN(C)C)nc3)c2)CC(C)O1. The van der Waals surface area contributed by atoms with Crippen LogP contribution in [0.15, 0.2) is 47.8 Å². The molecule has 1 aliphatic rings. The Bertz CT molecular complexity index is 1160. The maximum atomic E-state index is 13.0. The Labute approximate surface area is 186 Å². The maximum Gasteiger partial charge on any atom is 0.296 e. The van der Waals surface area contributed by atoms with Crippen LogP contribution in [0.2, 0.25) is 0 Å². The van der Waals surface area contributed by atoms with Gasteiger partial charge in [0.1, 0.15) is 11.3 Å². The largest absolute Gasteiger partial charge is 0.372 e. The highest BCUT2D eigenvalue weighted by atomic mass is 16.5. The van der Waals surface area contributed by atoms with Crippen LogP contribution < -0.4 is 0 Å². The summed E-state index contributed by atoms with van der Waals surface area (Å²) in [7, 11) is 3.58. The fraction of sp³-hybridized carbons (Fsp3) is 0.348. The second kappa shape index (κ2) is 8.88. The predicted molar refractivity (Wildman–Crippen MR) is 121 cm³/mol. The first-order valence-corrected chi connectivity index (χ1v) is 10.4. The minimum Gasteiger partial charge on any atom is -0.372 e. The Balaban J connectivity index is 1.55. The first-order valence-electron chi connectivity index (χ1n) is 10.4. The number of aliphatic imine (C=N–C) groups is 1. The molecule has 0 bridgehead atoms. The molecule has 0 aromatic carbocycles. The van der Waals surface area contributed by atoms with Crippen molar-refractivity contribution >= 4 is 29.2 Å². The van der Waals surface area contributed by atoms with E-state index in [2.05, 4.69) is 15.0 Å². The minimum atomic E-state index is -0.407. The molecule has 1 fully saturated rings. The summed E-state index contributed by atoms with van der Waals surface area (Å²) < 4.78 is 7.59. The molecule has 9 heteroatoms. The number of rotatable bonds is 4. The number of hydrogen-bond acceptors (Lipinski definition) is 5. The van der Waals surface area contributed by atoms with Gasteiger partial charge in [-0.3, -0.25) is 14.2 Å². The summed E-state index contributed by atoms with van der Waals surface area (Å²) >= 11 is 0. The zero-order valence-corrected chi connectivity index (χ0v) is 18.6. The van der Waals surface area contributed by atoms with E-state index < -0.39 is 5.91 Å². The van der Waals surface area contributed by atoms with Gasteiger partial charge in [0.15, 0.2) is 0 Å². The molecule has 0 spiro atoms. The monoisotopic (exact) mass is 434 g/mol. The smallest absolute Gasteiger partial charge is 0.296 e. The second-order valence-electron chi connectivity index (χ2n) is 8.20. The molecule has 4 rings (SSSR count). The standard InChI is InChI=1S/C23H26N6O3/c1-15-12-28(13-16(2)32-15)23(31)18-9-17-7-8-29(21(17)25-10-18)19-5-6-20(24-11-19)22(30)26-14-27(3)4/h5-11,14-16H,12-13H2,1-4H3. The van der Waals surface area contributed by atoms with Gasteiger partial charge in [-0.2, -0.15) is 4.99 Å². The maximum absolute atomic E-state index is 13.0. The zero-order valence-electron chi connectivity index (χ0n) is 18.6. The molecular weight excluding hydrogens is 408 g/mol. The molecule has 0 aliphatic carbocycles. The topological polar surface area (TPSA) is 92.9 Å². The van der Waals surface area contributed by atoms with E-state index in [0.29, 0.717) is 24.3 Å². The first kappa shape index (κ1) is 21.6. The molecule has 2 amide bonds. The number of ether oxygens (including phenoxy) is 1.